The van der Waals surface area contributed by atoms with E-state index in [1.165, 1.54) is 0 Å². The third-order valence-electron chi connectivity index (χ3n) is 4.86. The van der Waals surface area contributed by atoms with Gasteiger partial charge in [-0.1, -0.05) is 18.2 Å². The van der Waals surface area contributed by atoms with Crippen molar-refractivity contribution < 1.29 is 19.4 Å². The van der Waals surface area contributed by atoms with Crippen LogP contribution in [0.3, 0.4) is 0 Å². The molecule has 0 aliphatic heterocycles. The van der Waals surface area contributed by atoms with E-state index in [-0.39, 0.29) is 18.1 Å². The lowest BCUT2D eigenvalue weighted by atomic mass is 10.1. The molecule has 144 valence electrons. The number of likely N-dealkylation sites (N-methyl/N-ethyl adjacent to an activating group) is 1. The van der Waals surface area contributed by atoms with Crippen molar-refractivity contribution in [1.29, 1.82) is 0 Å². The second-order valence-corrected chi connectivity index (χ2v) is 6.68. The van der Waals surface area contributed by atoms with Crippen LogP contribution >= 0.6 is 0 Å². The Labute approximate surface area is 159 Å². The predicted octanol–water partition coefficient (Wildman–Crippen LogP) is 2.07. The number of aliphatic hydroxyl groups excluding tert-OH is 1. The smallest absolute Gasteiger partial charge is 0.253 e. The van der Waals surface area contributed by atoms with Crippen LogP contribution < -0.4 is 15.2 Å². The number of amides is 1. The molecule has 0 bridgehead atoms. The van der Waals surface area contributed by atoms with Crippen molar-refractivity contribution in [3.05, 3.63) is 60.2 Å². The summed E-state index contributed by atoms with van der Waals surface area (Å²) < 4.78 is 11.3. The molecule has 3 N–H and O–H groups in total. The fourth-order valence-electron chi connectivity index (χ4n) is 3.37. The van der Waals surface area contributed by atoms with Gasteiger partial charge in [-0.05, 0) is 49.2 Å². The topological polar surface area (TPSA) is 85.0 Å². The molecule has 1 amide bonds. The van der Waals surface area contributed by atoms with Gasteiger partial charge < -0.3 is 25.2 Å². The van der Waals surface area contributed by atoms with Crippen molar-refractivity contribution in [2.24, 2.45) is 5.73 Å². The van der Waals surface area contributed by atoms with Crippen LogP contribution in [0.2, 0.25) is 0 Å². The molecule has 1 fully saturated rings. The zero-order valence-electron chi connectivity index (χ0n) is 15.5. The molecule has 6 heteroatoms. The van der Waals surface area contributed by atoms with Gasteiger partial charge in [-0.25, -0.2) is 0 Å². The van der Waals surface area contributed by atoms with E-state index in [0.717, 1.165) is 5.75 Å². The molecular formula is C21H26N2O4. The highest BCUT2D eigenvalue weighted by molar-refractivity contribution is 5.94. The summed E-state index contributed by atoms with van der Waals surface area (Å²) in [5.74, 6) is 1.27. The number of rotatable bonds is 7. The molecule has 1 aliphatic rings. The Bertz CT molecular complexity index is 736. The van der Waals surface area contributed by atoms with E-state index in [1.54, 1.807) is 36.2 Å². The highest BCUT2D eigenvalue weighted by Crippen LogP contribution is 2.29. The number of aliphatic hydroxyl groups is 1. The molecule has 6 nitrogen and oxygen atoms in total. The van der Waals surface area contributed by atoms with Crippen molar-refractivity contribution in [2.75, 3.05) is 20.2 Å². The summed E-state index contributed by atoms with van der Waals surface area (Å²) >= 11 is 0. The molecule has 3 atom stereocenters. The standard InChI is InChI=1S/C21H26N2O4/c1-23(21(25)15-7-9-16(10-8-15)26-14-13-22)18-11-12-19(20(18)24)27-17-5-3-2-4-6-17/h2-10,18-20,24H,11-14,22H2,1H3/t18-,19-,20-/m1/s1. The van der Waals surface area contributed by atoms with Crippen molar-refractivity contribution >= 4 is 5.91 Å². The first-order valence-corrected chi connectivity index (χ1v) is 9.20. The van der Waals surface area contributed by atoms with Crippen LogP contribution in [0.5, 0.6) is 11.5 Å². The van der Waals surface area contributed by atoms with Crippen LogP contribution in [0, 0.1) is 0 Å². The van der Waals surface area contributed by atoms with Gasteiger partial charge in [0.15, 0.2) is 0 Å². The number of para-hydroxylation sites is 1. The summed E-state index contributed by atoms with van der Waals surface area (Å²) in [5, 5.41) is 10.7. The Morgan fingerprint density at radius 3 is 2.48 bits per heavy atom. The SMILES string of the molecule is CN(C(=O)c1ccc(OCCN)cc1)[C@@H]1CC[C@@H](Oc2ccccc2)[C@@H]1O. The predicted molar refractivity (Wildman–Crippen MR) is 103 cm³/mol. The third-order valence-corrected chi connectivity index (χ3v) is 4.86. The third kappa shape index (κ3) is 4.59. The lowest BCUT2D eigenvalue weighted by Crippen LogP contribution is -2.45. The van der Waals surface area contributed by atoms with Crippen LogP contribution in [0.4, 0.5) is 0 Å². The molecule has 0 spiro atoms. The number of nitrogens with zero attached hydrogens (tertiary/aromatic N) is 1. The normalized spacial score (nSPS) is 21.7. The Hall–Kier alpha value is -2.57. The molecule has 1 saturated carbocycles. The van der Waals surface area contributed by atoms with Crippen molar-refractivity contribution in [3.63, 3.8) is 0 Å². The largest absolute Gasteiger partial charge is 0.492 e. The first kappa shape index (κ1) is 19.2. The fourth-order valence-corrected chi connectivity index (χ4v) is 3.37. The van der Waals surface area contributed by atoms with E-state index in [0.29, 0.717) is 37.3 Å². The lowest BCUT2D eigenvalue weighted by molar-refractivity contribution is 0.0166. The summed E-state index contributed by atoms with van der Waals surface area (Å²) in [5.41, 5.74) is 5.97. The van der Waals surface area contributed by atoms with Crippen molar-refractivity contribution in [1.82, 2.24) is 4.90 Å². The van der Waals surface area contributed by atoms with Gasteiger partial charge in [0.2, 0.25) is 0 Å². The van der Waals surface area contributed by atoms with Gasteiger partial charge in [-0.15, -0.1) is 0 Å². The Kier molecular flexibility index (Phi) is 6.32. The molecule has 0 aromatic heterocycles. The number of carbonyl (C=O) groups excluding carboxylic acids is 1. The summed E-state index contributed by atoms with van der Waals surface area (Å²) in [6.45, 7) is 0.874. The van der Waals surface area contributed by atoms with E-state index in [1.807, 2.05) is 30.3 Å². The van der Waals surface area contributed by atoms with Crippen molar-refractivity contribution in [2.45, 2.75) is 31.1 Å². The highest BCUT2D eigenvalue weighted by atomic mass is 16.5. The van der Waals surface area contributed by atoms with Crippen LogP contribution in [-0.4, -0.2) is 54.4 Å². The van der Waals surface area contributed by atoms with Crippen LogP contribution in [-0.2, 0) is 0 Å². The fraction of sp³-hybridized carbons (Fsp3) is 0.381. The maximum Gasteiger partial charge on any atom is 0.253 e. The molecule has 0 heterocycles. The maximum atomic E-state index is 12.8. The molecule has 0 unspecified atom stereocenters. The molecule has 27 heavy (non-hydrogen) atoms. The Morgan fingerprint density at radius 2 is 1.81 bits per heavy atom. The highest BCUT2D eigenvalue weighted by Gasteiger charge is 2.40. The molecule has 0 radical (unpaired) electrons. The van der Waals surface area contributed by atoms with Crippen LogP contribution in [0.25, 0.3) is 0 Å². The van der Waals surface area contributed by atoms with Crippen molar-refractivity contribution in [3.8, 4) is 11.5 Å². The number of hydrogen-bond acceptors (Lipinski definition) is 5. The van der Waals surface area contributed by atoms with E-state index >= 15 is 0 Å². The quantitative estimate of drug-likeness (QED) is 0.779. The minimum absolute atomic E-state index is 0.134. The molecule has 0 saturated heterocycles. The van der Waals surface area contributed by atoms with Gasteiger partial charge in [0.25, 0.3) is 5.91 Å². The first-order valence-electron chi connectivity index (χ1n) is 9.20. The van der Waals surface area contributed by atoms with Crippen LogP contribution in [0.1, 0.15) is 23.2 Å². The molecular weight excluding hydrogens is 344 g/mol. The first-order chi connectivity index (χ1) is 13.1. The van der Waals surface area contributed by atoms with E-state index in [4.69, 9.17) is 15.2 Å². The molecule has 2 aromatic carbocycles. The van der Waals surface area contributed by atoms with Gasteiger partial charge in [0, 0.05) is 19.2 Å². The summed E-state index contributed by atoms with van der Waals surface area (Å²) in [6, 6.07) is 16.1. The van der Waals surface area contributed by atoms with Gasteiger partial charge in [-0.3, -0.25) is 4.79 Å². The monoisotopic (exact) mass is 370 g/mol. The Balaban J connectivity index is 1.61. The maximum absolute atomic E-state index is 12.8. The number of carbonyl (C=O) groups is 1. The molecule has 2 aromatic rings. The zero-order chi connectivity index (χ0) is 19.2. The second-order valence-electron chi connectivity index (χ2n) is 6.68. The number of ether oxygens (including phenoxy) is 2. The zero-order valence-corrected chi connectivity index (χ0v) is 15.5. The average Bonchev–Trinajstić information content (AvgIpc) is 3.06. The van der Waals surface area contributed by atoms with Gasteiger partial charge >= 0.3 is 0 Å². The summed E-state index contributed by atoms with van der Waals surface area (Å²) in [6.07, 6.45) is 0.342. The van der Waals surface area contributed by atoms with E-state index < -0.39 is 6.10 Å². The minimum Gasteiger partial charge on any atom is -0.492 e. The summed E-state index contributed by atoms with van der Waals surface area (Å²) in [7, 11) is 1.72. The van der Waals surface area contributed by atoms with Gasteiger partial charge in [0.1, 0.15) is 30.3 Å². The lowest BCUT2D eigenvalue weighted by Gasteiger charge is -2.29. The summed E-state index contributed by atoms with van der Waals surface area (Å²) in [4.78, 5) is 14.4. The molecule has 3 rings (SSSR count). The molecule has 1 aliphatic carbocycles. The Morgan fingerprint density at radius 1 is 1.11 bits per heavy atom. The average molecular weight is 370 g/mol. The van der Waals surface area contributed by atoms with E-state index in [2.05, 4.69) is 0 Å². The van der Waals surface area contributed by atoms with Crippen LogP contribution in [0.15, 0.2) is 54.6 Å². The number of hydrogen-bond donors (Lipinski definition) is 2. The number of nitrogens with two attached hydrogens (primary N) is 1. The minimum atomic E-state index is -0.730. The second kappa shape index (κ2) is 8.88. The van der Waals surface area contributed by atoms with Gasteiger partial charge in [0.05, 0.1) is 6.04 Å². The van der Waals surface area contributed by atoms with Gasteiger partial charge in [-0.2, -0.15) is 0 Å². The number of benzene rings is 2. The van der Waals surface area contributed by atoms with E-state index in [9.17, 15) is 9.90 Å².